The highest BCUT2D eigenvalue weighted by Crippen LogP contribution is 2.23. The topological polar surface area (TPSA) is 34.9 Å². The molecular formula is C15H16BrFN2O. The van der Waals surface area contributed by atoms with Crippen LogP contribution in [0.1, 0.15) is 34.2 Å². The molecule has 0 saturated heterocycles. The fourth-order valence-corrected chi connectivity index (χ4v) is 2.79. The van der Waals surface area contributed by atoms with Gasteiger partial charge in [0.1, 0.15) is 5.82 Å². The van der Waals surface area contributed by atoms with Gasteiger partial charge in [0, 0.05) is 12.6 Å². The van der Waals surface area contributed by atoms with Crippen LogP contribution in [0.4, 0.5) is 4.39 Å². The Morgan fingerprint density at radius 2 is 2.15 bits per heavy atom. The molecule has 1 heterocycles. The molecule has 5 heteroatoms. The molecule has 0 atom stereocenters. The first-order valence-electron chi connectivity index (χ1n) is 6.43. The van der Waals surface area contributed by atoms with E-state index in [1.807, 2.05) is 14.0 Å². The van der Waals surface area contributed by atoms with E-state index in [-0.39, 0.29) is 18.0 Å². The number of carbonyl (C=O) groups is 1. The second kappa shape index (κ2) is 5.87. The summed E-state index contributed by atoms with van der Waals surface area (Å²) in [5.41, 5.74) is 2.66. The average molecular weight is 339 g/mol. The summed E-state index contributed by atoms with van der Waals surface area (Å²) in [6.07, 6.45) is 0.994. The molecule has 2 aromatic rings. The van der Waals surface area contributed by atoms with Gasteiger partial charge in [0.25, 0.3) is 0 Å². The van der Waals surface area contributed by atoms with Gasteiger partial charge in [-0.2, -0.15) is 5.10 Å². The van der Waals surface area contributed by atoms with E-state index in [0.717, 1.165) is 22.3 Å². The molecule has 0 aliphatic carbocycles. The number of ketones is 1. The summed E-state index contributed by atoms with van der Waals surface area (Å²) in [5, 5.41) is 4.35. The number of aromatic nitrogens is 2. The van der Waals surface area contributed by atoms with E-state index in [2.05, 4.69) is 21.0 Å². The molecule has 106 valence electrons. The molecule has 0 saturated carbocycles. The number of hydrogen-bond donors (Lipinski definition) is 0. The Morgan fingerprint density at radius 3 is 2.70 bits per heavy atom. The SMILES string of the molecule is CCc1nn(C)c(CC(=O)c2ccc(C)c(F)c2)c1Br. The predicted octanol–water partition coefficient (Wildman–Crippen LogP) is 3.62. The minimum absolute atomic E-state index is 0.116. The summed E-state index contributed by atoms with van der Waals surface area (Å²) in [6.45, 7) is 3.68. The van der Waals surface area contributed by atoms with Crippen molar-refractivity contribution in [3.8, 4) is 0 Å². The Hall–Kier alpha value is -1.49. The molecule has 3 nitrogen and oxygen atoms in total. The van der Waals surface area contributed by atoms with Crippen molar-refractivity contribution in [1.82, 2.24) is 9.78 Å². The van der Waals surface area contributed by atoms with Crippen LogP contribution < -0.4 is 0 Å². The summed E-state index contributed by atoms with van der Waals surface area (Å²) >= 11 is 3.48. The van der Waals surface area contributed by atoms with Crippen molar-refractivity contribution < 1.29 is 9.18 Å². The number of hydrogen-bond acceptors (Lipinski definition) is 2. The van der Waals surface area contributed by atoms with Crippen molar-refractivity contribution in [2.75, 3.05) is 0 Å². The maximum atomic E-state index is 13.5. The Morgan fingerprint density at radius 1 is 1.45 bits per heavy atom. The van der Waals surface area contributed by atoms with E-state index >= 15 is 0 Å². The lowest BCUT2D eigenvalue weighted by Crippen LogP contribution is -2.09. The van der Waals surface area contributed by atoms with Crippen LogP contribution in [-0.2, 0) is 19.9 Å². The first kappa shape index (κ1) is 14.9. The van der Waals surface area contributed by atoms with Crippen LogP contribution in [0.15, 0.2) is 22.7 Å². The van der Waals surface area contributed by atoms with Gasteiger partial charge in [0.05, 0.1) is 22.3 Å². The van der Waals surface area contributed by atoms with E-state index in [0.29, 0.717) is 11.1 Å². The second-order valence-electron chi connectivity index (χ2n) is 4.75. The Bertz CT molecular complexity index is 664. The van der Waals surface area contributed by atoms with Crippen LogP contribution >= 0.6 is 15.9 Å². The molecule has 0 radical (unpaired) electrons. The molecule has 1 aromatic heterocycles. The van der Waals surface area contributed by atoms with Gasteiger partial charge in [-0.1, -0.05) is 19.1 Å². The minimum atomic E-state index is -0.353. The summed E-state index contributed by atoms with van der Waals surface area (Å²) in [4.78, 5) is 12.3. The summed E-state index contributed by atoms with van der Waals surface area (Å²) in [6, 6.07) is 4.58. The highest BCUT2D eigenvalue weighted by atomic mass is 79.9. The molecule has 0 amide bonds. The lowest BCUT2D eigenvalue weighted by atomic mass is 10.0. The van der Waals surface area contributed by atoms with Crippen molar-refractivity contribution in [3.63, 3.8) is 0 Å². The van der Waals surface area contributed by atoms with Gasteiger partial charge in [-0.05, 0) is 40.9 Å². The molecular weight excluding hydrogens is 323 g/mol. The fraction of sp³-hybridized carbons (Fsp3) is 0.333. The molecule has 0 bridgehead atoms. The third kappa shape index (κ3) is 2.82. The minimum Gasteiger partial charge on any atom is -0.294 e. The Kier molecular flexibility index (Phi) is 4.38. The molecule has 0 aliphatic heterocycles. The molecule has 0 fully saturated rings. The zero-order valence-corrected chi connectivity index (χ0v) is 13.3. The monoisotopic (exact) mass is 338 g/mol. The van der Waals surface area contributed by atoms with Gasteiger partial charge in [-0.15, -0.1) is 0 Å². The van der Waals surface area contributed by atoms with E-state index in [9.17, 15) is 9.18 Å². The number of halogens is 2. The van der Waals surface area contributed by atoms with Crippen LogP contribution in [0.5, 0.6) is 0 Å². The number of rotatable bonds is 4. The molecule has 1 aromatic carbocycles. The van der Waals surface area contributed by atoms with Gasteiger partial charge >= 0.3 is 0 Å². The highest BCUT2D eigenvalue weighted by Gasteiger charge is 2.17. The molecule has 20 heavy (non-hydrogen) atoms. The summed E-state index contributed by atoms with van der Waals surface area (Å²) in [5.74, 6) is -0.468. The van der Waals surface area contributed by atoms with E-state index < -0.39 is 0 Å². The van der Waals surface area contributed by atoms with Gasteiger partial charge in [-0.25, -0.2) is 4.39 Å². The van der Waals surface area contributed by atoms with Crippen molar-refractivity contribution in [2.45, 2.75) is 26.7 Å². The standard InChI is InChI=1S/C15H16BrFN2O/c1-4-12-15(16)13(19(3)18-12)8-14(20)10-6-5-9(2)11(17)7-10/h5-7H,4,8H2,1-3H3. The van der Waals surface area contributed by atoms with E-state index in [1.165, 1.54) is 6.07 Å². The average Bonchev–Trinajstić information content (AvgIpc) is 2.69. The van der Waals surface area contributed by atoms with Gasteiger partial charge in [0.2, 0.25) is 0 Å². The van der Waals surface area contributed by atoms with Gasteiger partial charge < -0.3 is 0 Å². The first-order valence-corrected chi connectivity index (χ1v) is 7.23. The van der Waals surface area contributed by atoms with Crippen LogP contribution in [0.3, 0.4) is 0 Å². The lowest BCUT2D eigenvalue weighted by Gasteiger charge is -2.04. The van der Waals surface area contributed by atoms with Crippen LogP contribution in [-0.4, -0.2) is 15.6 Å². The molecule has 0 aliphatic rings. The normalized spacial score (nSPS) is 10.8. The number of Topliss-reactive ketones (excluding diaryl/α,β-unsaturated/α-hetero) is 1. The van der Waals surface area contributed by atoms with Crippen molar-refractivity contribution in [2.24, 2.45) is 7.05 Å². The van der Waals surface area contributed by atoms with Crippen molar-refractivity contribution >= 4 is 21.7 Å². The molecule has 2 rings (SSSR count). The Labute approximate surface area is 125 Å². The molecule has 0 unspecified atom stereocenters. The number of aryl methyl sites for hydroxylation is 3. The van der Waals surface area contributed by atoms with Gasteiger partial charge in [0.15, 0.2) is 5.78 Å². The van der Waals surface area contributed by atoms with Crippen molar-refractivity contribution in [3.05, 3.63) is 51.0 Å². The maximum Gasteiger partial charge on any atom is 0.168 e. The first-order chi connectivity index (χ1) is 9.43. The van der Waals surface area contributed by atoms with Crippen LogP contribution in [0.25, 0.3) is 0 Å². The van der Waals surface area contributed by atoms with Gasteiger partial charge in [-0.3, -0.25) is 9.48 Å². The number of nitrogens with zero attached hydrogens (tertiary/aromatic N) is 2. The quantitative estimate of drug-likeness (QED) is 0.798. The largest absolute Gasteiger partial charge is 0.294 e. The lowest BCUT2D eigenvalue weighted by molar-refractivity contribution is 0.0990. The smallest absolute Gasteiger partial charge is 0.168 e. The highest BCUT2D eigenvalue weighted by molar-refractivity contribution is 9.10. The zero-order chi connectivity index (χ0) is 14.9. The predicted molar refractivity (Wildman–Crippen MR) is 79.5 cm³/mol. The van der Waals surface area contributed by atoms with E-state index in [4.69, 9.17) is 0 Å². The third-order valence-corrected chi connectivity index (χ3v) is 4.24. The van der Waals surface area contributed by atoms with Crippen LogP contribution in [0, 0.1) is 12.7 Å². The van der Waals surface area contributed by atoms with E-state index in [1.54, 1.807) is 23.7 Å². The number of carbonyl (C=O) groups excluding carboxylic acids is 1. The zero-order valence-electron chi connectivity index (χ0n) is 11.7. The maximum absolute atomic E-state index is 13.5. The Balaban J connectivity index is 2.28. The van der Waals surface area contributed by atoms with Crippen molar-refractivity contribution in [1.29, 1.82) is 0 Å². The van der Waals surface area contributed by atoms with Crippen LogP contribution in [0.2, 0.25) is 0 Å². The number of benzene rings is 1. The summed E-state index contributed by atoms with van der Waals surface area (Å²) in [7, 11) is 1.81. The molecule has 0 N–H and O–H groups in total. The second-order valence-corrected chi connectivity index (χ2v) is 5.54. The fourth-order valence-electron chi connectivity index (χ4n) is 2.03. The molecule has 0 spiro atoms. The third-order valence-electron chi connectivity index (χ3n) is 3.32. The summed E-state index contributed by atoms with van der Waals surface area (Å²) < 4.78 is 16.1.